The van der Waals surface area contributed by atoms with Crippen LogP contribution in [0, 0.1) is 0 Å². The Morgan fingerprint density at radius 2 is 2.33 bits per heavy atom. The molecule has 0 aliphatic heterocycles. The molecule has 0 saturated heterocycles. The summed E-state index contributed by atoms with van der Waals surface area (Å²) < 4.78 is 0. The van der Waals surface area contributed by atoms with Crippen LogP contribution in [0.2, 0.25) is 0 Å². The maximum Gasteiger partial charge on any atom is 0.272 e. The molecular weight excluding hydrogens is 252 g/mol. The highest BCUT2D eigenvalue weighted by atomic mass is 32.1. The van der Waals surface area contributed by atoms with E-state index >= 15 is 0 Å². The Labute approximate surface area is 107 Å². The van der Waals surface area contributed by atoms with E-state index in [4.69, 9.17) is 5.84 Å². The van der Waals surface area contributed by atoms with E-state index in [1.54, 1.807) is 6.20 Å². The van der Waals surface area contributed by atoms with Gasteiger partial charge in [-0.25, -0.2) is 15.8 Å². The Balaban J connectivity index is 2.07. The zero-order valence-electron chi connectivity index (χ0n) is 9.62. The summed E-state index contributed by atoms with van der Waals surface area (Å²) in [5, 5.41) is 5.48. The number of carbonyl (C=O) groups is 1. The molecule has 2 aromatic rings. The van der Waals surface area contributed by atoms with Crippen molar-refractivity contribution in [2.45, 2.75) is 13.0 Å². The van der Waals surface area contributed by atoms with Gasteiger partial charge in [0.15, 0.2) is 5.82 Å². The highest BCUT2D eigenvalue weighted by Crippen LogP contribution is 2.15. The van der Waals surface area contributed by atoms with Crippen molar-refractivity contribution in [3.63, 3.8) is 0 Å². The molecule has 94 valence electrons. The lowest BCUT2D eigenvalue weighted by Gasteiger charge is -2.10. The summed E-state index contributed by atoms with van der Waals surface area (Å²) in [6.45, 7) is 1.86. The number of aromatic nitrogens is 3. The average Bonchev–Trinajstić information content (AvgIpc) is 2.92. The molecule has 2 heterocycles. The van der Waals surface area contributed by atoms with Crippen molar-refractivity contribution < 1.29 is 4.79 Å². The van der Waals surface area contributed by atoms with E-state index in [-0.39, 0.29) is 17.6 Å². The Kier molecular flexibility index (Phi) is 3.80. The van der Waals surface area contributed by atoms with Gasteiger partial charge in [0, 0.05) is 11.6 Å². The van der Waals surface area contributed by atoms with Gasteiger partial charge in [-0.1, -0.05) is 0 Å². The molecule has 4 N–H and O–H groups in total. The zero-order chi connectivity index (χ0) is 13.0. The molecule has 0 aliphatic rings. The molecule has 1 amide bonds. The quantitative estimate of drug-likeness (QED) is 0.554. The van der Waals surface area contributed by atoms with Gasteiger partial charge in [-0.15, -0.1) is 11.3 Å². The second-order valence-electron chi connectivity index (χ2n) is 3.50. The number of carbonyl (C=O) groups excluding carboxylic acids is 1. The van der Waals surface area contributed by atoms with Crippen LogP contribution < -0.4 is 16.6 Å². The van der Waals surface area contributed by atoms with Crippen molar-refractivity contribution in [3.8, 4) is 0 Å². The fourth-order valence-electron chi connectivity index (χ4n) is 1.33. The molecule has 0 spiro atoms. The molecule has 18 heavy (non-hydrogen) atoms. The van der Waals surface area contributed by atoms with Crippen LogP contribution in [-0.2, 0) is 0 Å². The summed E-state index contributed by atoms with van der Waals surface area (Å²) in [6.07, 6.45) is 4.51. The lowest BCUT2D eigenvalue weighted by Crippen LogP contribution is -2.27. The van der Waals surface area contributed by atoms with E-state index in [1.807, 2.05) is 12.3 Å². The van der Waals surface area contributed by atoms with Gasteiger partial charge in [-0.2, -0.15) is 0 Å². The SMILES string of the molecule is CC(NC(=O)c1cncc(NN)n1)c1nccs1. The number of hydrogen-bond acceptors (Lipinski definition) is 7. The summed E-state index contributed by atoms with van der Waals surface area (Å²) in [4.78, 5) is 23.9. The van der Waals surface area contributed by atoms with E-state index < -0.39 is 0 Å². The number of anilines is 1. The van der Waals surface area contributed by atoms with E-state index in [2.05, 4.69) is 25.7 Å². The highest BCUT2D eigenvalue weighted by Gasteiger charge is 2.14. The number of amides is 1. The lowest BCUT2D eigenvalue weighted by atomic mass is 10.3. The molecule has 0 aromatic carbocycles. The summed E-state index contributed by atoms with van der Waals surface area (Å²) in [7, 11) is 0. The molecule has 1 atom stereocenters. The number of nitrogens with zero attached hydrogens (tertiary/aromatic N) is 3. The molecule has 0 bridgehead atoms. The van der Waals surface area contributed by atoms with Crippen molar-refractivity contribution in [3.05, 3.63) is 34.7 Å². The van der Waals surface area contributed by atoms with Gasteiger partial charge in [0.2, 0.25) is 0 Å². The van der Waals surface area contributed by atoms with Crippen molar-refractivity contribution in [2.75, 3.05) is 5.43 Å². The first-order valence-corrected chi connectivity index (χ1v) is 6.07. The maximum absolute atomic E-state index is 11.9. The molecule has 8 heteroatoms. The largest absolute Gasteiger partial charge is 0.342 e. The zero-order valence-corrected chi connectivity index (χ0v) is 10.4. The molecular formula is C10H12N6OS. The Morgan fingerprint density at radius 1 is 1.50 bits per heavy atom. The minimum absolute atomic E-state index is 0.172. The van der Waals surface area contributed by atoms with Crippen LogP contribution in [0.15, 0.2) is 24.0 Å². The van der Waals surface area contributed by atoms with Crippen LogP contribution >= 0.6 is 11.3 Å². The third kappa shape index (κ3) is 2.79. The van der Waals surface area contributed by atoms with Crippen LogP contribution in [0.5, 0.6) is 0 Å². The minimum atomic E-state index is -0.317. The number of rotatable bonds is 4. The second-order valence-corrected chi connectivity index (χ2v) is 4.43. The van der Waals surface area contributed by atoms with Gasteiger partial charge in [0.25, 0.3) is 5.91 Å². The van der Waals surface area contributed by atoms with Crippen LogP contribution in [0.3, 0.4) is 0 Å². The predicted molar refractivity (Wildman–Crippen MR) is 67.8 cm³/mol. The van der Waals surface area contributed by atoms with Crippen molar-refractivity contribution in [2.24, 2.45) is 5.84 Å². The first-order chi connectivity index (χ1) is 8.70. The van der Waals surface area contributed by atoms with Gasteiger partial charge in [0.05, 0.1) is 18.4 Å². The first-order valence-electron chi connectivity index (χ1n) is 5.19. The number of hydrogen-bond donors (Lipinski definition) is 3. The molecule has 2 aromatic heterocycles. The summed E-state index contributed by atoms with van der Waals surface area (Å²) in [6, 6.07) is -0.172. The molecule has 2 rings (SSSR count). The third-order valence-corrected chi connectivity index (χ3v) is 3.14. The Bertz CT molecular complexity index is 529. The highest BCUT2D eigenvalue weighted by molar-refractivity contribution is 7.09. The van der Waals surface area contributed by atoms with Crippen LogP contribution in [0.25, 0.3) is 0 Å². The van der Waals surface area contributed by atoms with Gasteiger partial charge >= 0.3 is 0 Å². The van der Waals surface area contributed by atoms with Crippen molar-refractivity contribution >= 4 is 23.1 Å². The topological polar surface area (TPSA) is 106 Å². The van der Waals surface area contributed by atoms with E-state index in [9.17, 15) is 4.79 Å². The summed E-state index contributed by atoms with van der Waals surface area (Å²) in [5.74, 6) is 5.22. The summed E-state index contributed by atoms with van der Waals surface area (Å²) >= 11 is 1.48. The summed E-state index contributed by atoms with van der Waals surface area (Å²) in [5.41, 5.74) is 2.54. The lowest BCUT2D eigenvalue weighted by molar-refractivity contribution is 0.0934. The number of nitrogens with one attached hydrogen (secondary N) is 2. The normalized spacial score (nSPS) is 11.9. The standard InChI is InChI=1S/C10H12N6OS/c1-6(10-13-2-3-18-10)14-9(17)7-4-12-5-8(15-7)16-11/h2-6H,11H2,1H3,(H,14,17)(H,15,16). The van der Waals surface area contributed by atoms with Gasteiger partial charge < -0.3 is 10.7 Å². The number of nitrogens with two attached hydrogens (primary N) is 1. The predicted octanol–water partition coefficient (Wildman–Crippen LogP) is 0.710. The maximum atomic E-state index is 11.9. The average molecular weight is 264 g/mol. The van der Waals surface area contributed by atoms with E-state index in [0.717, 1.165) is 5.01 Å². The van der Waals surface area contributed by atoms with Crippen LogP contribution in [0.4, 0.5) is 5.82 Å². The molecule has 0 aliphatic carbocycles. The molecule has 0 saturated carbocycles. The second kappa shape index (κ2) is 5.52. The van der Waals surface area contributed by atoms with Crippen molar-refractivity contribution in [1.29, 1.82) is 0 Å². The fourth-order valence-corrected chi connectivity index (χ4v) is 1.97. The van der Waals surface area contributed by atoms with Gasteiger partial charge in [-0.3, -0.25) is 9.78 Å². The number of thiazole rings is 1. The fraction of sp³-hybridized carbons (Fsp3) is 0.200. The molecule has 0 radical (unpaired) electrons. The molecule has 7 nitrogen and oxygen atoms in total. The van der Waals surface area contributed by atoms with Crippen molar-refractivity contribution in [1.82, 2.24) is 20.3 Å². The smallest absolute Gasteiger partial charge is 0.272 e. The Hall–Kier alpha value is -2.06. The molecule has 0 fully saturated rings. The van der Waals surface area contributed by atoms with Crippen LogP contribution in [0.1, 0.15) is 28.5 Å². The van der Waals surface area contributed by atoms with Crippen LogP contribution in [-0.4, -0.2) is 20.9 Å². The molecule has 1 unspecified atom stereocenters. The number of nitrogen functional groups attached to an aromatic ring is 1. The Morgan fingerprint density at radius 3 is 3.00 bits per heavy atom. The van der Waals surface area contributed by atoms with Gasteiger partial charge in [0.1, 0.15) is 10.7 Å². The number of hydrazine groups is 1. The third-order valence-electron chi connectivity index (χ3n) is 2.18. The van der Waals surface area contributed by atoms with E-state index in [0.29, 0.717) is 5.82 Å². The monoisotopic (exact) mass is 264 g/mol. The van der Waals surface area contributed by atoms with Gasteiger partial charge in [-0.05, 0) is 6.92 Å². The first kappa shape index (κ1) is 12.4. The van der Waals surface area contributed by atoms with E-state index in [1.165, 1.54) is 23.7 Å². The minimum Gasteiger partial charge on any atom is -0.342 e.